The lowest BCUT2D eigenvalue weighted by molar-refractivity contribution is -0.137. The first-order valence-corrected chi connectivity index (χ1v) is 8.91. The number of carboxylic acids is 1. The number of ether oxygens (including phenoxy) is 1. The highest BCUT2D eigenvalue weighted by molar-refractivity contribution is 5.85. The Morgan fingerprint density at radius 1 is 1.11 bits per heavy atom. The second-order valence-electron chi connectivity index (χ2n) is 6.65. The molecule has 0 fully saturated rings. The normalized spacial score (nSPS) is 12.3. The minimum absolute atomic E-state index is 0.0195. The van der Waals surface area contributed by atoms with Crippen molar-refractivity contribution < 1.29 is 19.4 Å². The second-order valence-corrected chi connectivity index (χ2v) is 6.65. The first-order valence-electron chi connectivity index (χ1n) is 8.91. The molecule has 1 aliphatic carbocycles. The molecule has 7 heteroatoms. The van der Waals surface area contributed by atoms with E-state index in [-0.39, 0.29) is 19.1 Å². The van der Waals surface area contributed by atoms with Crippen LogP contribution in [0.1, 0.15) is 22.7 Å². The van der Waals surface area contributed by atoms with Gasteiger partial charge in [-0.3, -0.25) is 14.8 Å². The molecule has 0 unspecified atom stereocenters. The van der Waals surface area contributed by atoms with E-state index in [1.165, 1.54) is 10.9 Å². The fraction of sp³-hybridized carbons (Fsp3) is 0.190. The number of aliphatic carboxylic acids is 1. The zero-order valence-corrected chi connectivity index (χ0v) is 15.3. The molecule has 2 aromatic carbocycles. The van der Waals surface area contributed by atoms with E-state index in [2.05, 4.69) is 34.7 Å². The number of nitrogens with one attached hydrogen (secondary N) is 1. The SMILES string of the molecule is Cc1c(NC(=O)OCC2c3ccccc3-c3ccccc32)cnn1CC(=O)O. The number of anilines is 1. The number of carboxylic acid groups (broad SMARTS) is 1. The summed E-state index contributed by atoms with van der Waals surface area (Å²) in [5.41, 5.74) is 5.59. The number of nitrogens with zero attached hydrogens (tertiary/aromatic N) is 2. The Balaban J connectivity index is 1.46. The minimum Gasteiger partial charge on any atom is -0.480 e. The van der Waals surface area contributed by atoms with Crippen LogP contribution >= 0.6 is 0 Å². The van der Waals surface area contributed by atoms with E-state index in [1.807, 2.05) is 24.3 Å². The molecule has 28 heavy (non-hydrogen) atoms. The van der Waals surface area contributed by atoms with E-state index in [1.54, 1.807) is 6.92 Å². The quantitative estimate of drug-likeness (QED) is 0.708. The summed E-state index contributed by atoms with van der Waals surface area (Å²) in [7, 11) is 0. The van der Waals surface area contributed by atoms with Crippen LogP contribution in [0.15, 0.2) is 54.7 Å². The summed E-state index contributed by atoms with van der Waals surface area (Å²) >= 11 is 0. The first-order chi connectivity index (χ1) is 13.5. The molecule has 4 rings (SSSR count). The molecule has 1 aliphatic rings. The van der Waals surface area contributed by atoms with Gasteiger partial charge in [0.15, 0.2) is 0 Å². The van der Waals surface area contributed by atoms with Gasteiger partial charge in [0.05, 0.1) is 17.6 Å². The van der Waals surface area contributed by atoms with E-state index in [4.69, 9.17) is 9.84 Å². The van der Waals surface area contributed by atoms with Crippen LogP contribution in [0.4, 0.5) is 10.5 Å². The predicted octanol–water partition coefficient (Wildman–Crippen LogP) is 3.64. The molecule has 0 spiro atoms. The maximum Gasteiger partial charge on any atom is 0.411 e. The summed E-state index contributed by atoms with van der Waals surface area (Å²) in [5.74, 6) is -1.02. The van der Waals surface area contributed by atoms with Gasteiger partial charge in [-0.05, 0) is 29.2 Å². The number of hydrogen-bond donors (Lipinski definition) is 2. The summed E-state index contributed by atoms with van der Waals surface area (Å²) in [5, 5.41) is 15.5. The zero-order chi connectivity index (χ0) is 19.7. The van der Waals surface area contributed by atoms with Gasteiger partial charge in [-0.1, -0.05) is 48.5 Å². The number of aromatic nitrogens is 2. The molecule has 0 saturated carbocycles. The van der Waals surface area contributed by atoms with Crippen molar-refractivity contribution in [3.8, 4) is 11.1 Å². The molecular weight excluding hydrogens is 358 g/mol. The summed E-state index contributed by atoms with van der Waals surface area (Å²) in [6, 6.07) is 16.2. The van der Waals surface area contributed by atoms with Gasteiger partial charge in [0.1, 0.15) is 13.2 Å². The lowest BCUT2D eigenvalue weighted by Gasteiger charge is -2.14. The third-order valence-electron chi connectivity index (χ3n) is 4.97. The Labute approximate surface area is 161 Å². The van der Waals surface area contributed by atoms with Crippen molar-refractivity contribution >= 4 is 17.7 Å². The molecule has 7 nitrogen and oxygen atoms in total. The van der Waals surface area contributed by atoms with Gasteiger partial charge >= 0.3 is 12.1 Å². The highest BCUT2D eigenvalue weighted by Crippen LogP contribution is 2.44. The summed E-state index contributed by atoms with van der Waals surface area (Å²) in [6.45, 7) is 1.63. The number of hydrogen-bond acceptors (Lipinski definition) is 4. The van der Waals surface area contributed by atoms with Crippen molar-refractivity contribution in [2.75, 3.05) is 11.9 Å². The monoisotopic (exact) mass is 377 g/mol. The molecule has 0 saturated heterocycles. The Morgan fingerprint density at radius 2 is 1.71 bits per heavy atom. The van der Waals surface area contributed by atoms with Crippen LogP contribution in [0.3, 0.4) is 0 Å². The van der Waals surface area contributed by atoms with Gasteiger partial charge in [-0.2, -0.15) is 5.10 Å². The van der Waals surface area contributed by atoms with Crippen LogP contribution in [0.25, 0.3) is 11.1 Å². The van der Waals surface area contributed by atoms with Gasteiger partial charge in [-0.15, -0.1) is 0 Å². The molecule has 1 heterocycles. The fourth-order valence-corrected chi connectivity index (χ4v) is 3.60. The standard InChI is InChI=1S/C21H19N3O4/c1-13-19(10-22-24(13)11-20(25)26)23-21(27)28-12-18-16-8-4-2-6-14(16)15-7-3-5-9-17(15)18/h2-10,18H,11-12H2,1H3,(H,23,27)(H,25,26). The average Bonchev–Trinajstić information content (AvgIpc) is 3.18. The highest BCUT2D eigenvalue weighted by atomic mass is 16.5. The van der Waals surface area contributed by atoms with Crippen LogP contribution in [0.5, 0.6) is 0 Å². The van der Waals surface area contributed by atoms with Gasteiger partial charge < -0.3 is 9.84 Å². The fourth-order valence-electron chi connectivity index (χ4n) is 3.60. The number of carbonyl (C=O) groups excluding carboxylic acids is 1. The number of rotatable bonds is 5. The van der Waals surface area contributed by atoms with Crippen LogP contribution in [0, 0.1) is 6.92 Å². The van der Waals surface area contributed by atoms with E-state index in [0.717, 1.165) is 22.3 Å². The Bertz CT molecular complexity index is 1010. The summed E-state index contributed by atoms with van der Waals surface area (Å²) in [4.78, 5) is 23.1. The van der Waals surface area contributed by atoms with Crippen molar-refractivity contribution in [2.45, 2.75) is 19.4 Å². The molecule has 0 radical (unpaired) electrons. The lowest BCUT2D eigenvalue weighted by Crippen LogP contribution is -2.18. The summed E-state index contributed by atoms with van der Waals surface area (Å²) < 4.78 is 6.79. The van der Waals surface area contributed by atoms with Crippen LogP contribution in [-0.4, -0.2) is 33.6 Å². The Morgan fingerprint density at radius 3 is 2.32 bits per heavy atom. The van der Waals surface area contributed by atoms with Crippen LogP contribution < -0.4 is 5.32 Å². The van der Waals surface area contributed by atoms with Crippen molar-refractivity contribution in [1.82, 2.24) is 9.78 Å². The third-order valence-corrected chi connectivity index (χ3v) is 4.97. The maximum atomic E-state index is 12.3. The zero-order valence-electron chi connectivity index (χ0n) is 15.3. The molecule has 1 aromatic heterocycles. The molecule has 1 amide bonds. The third kappa shape index (κ3) is 3.22. The summed E-state index contributed by atoms with van der Waals surface area (Å²) in [6.07, 6.45) is 0.819. The topological polar surface area (TPSA) is 93.5 Å². The van der Waals surface area contributed by atoms with E-state index >= 15 is 0 Å². The van der Waals surface area contributed by atoms with Crippen molar-refractivity contribution in [3.63, 3.8) is 0 Å². The smallest absolute Gasteiger partial charge is 0.411 e. The van der Waals surface area contributed by atoms with Crippen molar-refractivity contribution in [2.24, 2.45) is 0 Å². The Hall–Kier alpha value is -3.61. The second kappa shape index (κ2) is 7.19. The lowest BCUT2D eigenvalue weighted by atomic mass is 9.98. The first kappa shape index (κ1) is 17.8. The van der Waals surface area contributed by atoms with E-state index in [9.17, 15) is 9.59 Å². The molecule has 0 aliphatic heterocycles. The average molecular weight is 377 g/mol. The maximum absolute atomic E-state index is 12.3. The van der Waals surface area contributed by atoms with Gasteiger partial charge in [0, 0.05) is 5.92 Å². The van der Waals surface area contributed by atoms with Crippen LogP contribution in [0.2, 0.25) is 0 Å². The highest BCUT2D eigenvalue weighted by Gasteiger charge is 2.29. The van der Waals surface area contributed by atoms with Gasteiger partial charge in [-0.25, -0.2) is 4.79 Å². The van der Waals surface area contributed by atoms with Gasteiger partial charge in [0.2, 0.25) is 0 Å². The molecule has 0 bridgehead atoms. The molecule has 142 valence electrons. The van der Waals surface area contributed by atoms with Crippen molar-refractivity contribution in [1.29, 1.82) is 0 Å². The van der Waals surface area contributed by atoms with E-state index < -0.39 is 12.1 Å². The minimum atomic E-state index is -1.00. The molecular formula is C21H19N3O4. The number of amides is 1. The van der Waals surface area contributed by atoms with E-state index in [0.29, 0.717) is 11.4 Å². The molecule has 0 atom stereocenters. The predicted molar refractivity (Wildman–Crippen MR) is 103 cm³/mol. The number of fused-ring (bicyclic) bond motifs is 3. The molecule has 2 N–H and O–H groups in total. The number of benzene rings is 2. The Kier molecular flexibility index (Phi) is 4.57. The number of carbonyl (C=O) groups is 2. The van der Waals surface area contributed by atoms with Gasteiger partial charge in [0.25, 0.3) is 0 Å². The van der Waals surface area contributed by atoms with Crippen molar-refractivity contribution in [3.05, 3.63) is 71.5 Å². The molecule has 3 aromatic rings. The largest absolute Gasteiger partial charge is 0.480 e. The van der Waals surface area contributed by atoms with Crippen LogP contribution in [-0.2, 0) is 16.1 Å².